The summed E-state index contributed by atoms with van der Waals surface area (Å²) in [6.45, 7) is 3.82. The molecule has 4 N–H and O–H groups in total. The van der Waals surface area contributed by atoms with Crippen molar-refractivity contribution < 1.29 is 0 Å². The predicted molar refractivity (Wildman–Crippen MR) is 67.4 cm³/mol. The lowest BCUT2D eigenvalue weighted by molar-refractivity contribution is 0.969. The molecule has 0 radical (unpaired) electrons. The number of aromatic nitrogens is 3. The van der Waals surface area contributed by atoms with Gasteiger partial charge in [0.1, 0.15) is 11.7 Å². The molecule has 0 aliphatic rings. The van der Waals surface area contributed by atoms with Crippen LogP contribution in [0.15, 0.2) is 28.3 Å². The first-order valence-corrected chi connectivity index (χ1v) is 5.90. The fourth-order valence-corrected chi connectivity index (χ4v) is 2.29. The highest BCUT2D eigenvalue weighted by Gasteiger charge is 2.10. The van der Waals surface area contributed by atoms with Crippen LogP contribution >= 0.6 is 11.8 Å². The van der Waals surface area contributed by atoms with Gasteiger partial charge in [0, 0.05) is 10.5 Å². The number of nitrogen functional groups attached to an aromatic ring is 1. The summed E-state index contributed by atoms with van der Waals surface area (Å²) in [4.78, 5) is 5.10. The molecule has 0 fully saturated rings. The van der Waals surface area contributed by atoms with Gasteiger partial charge in [-0.2, -0.15) is 0 Å². The number of aryl methyl sites for hydroxylation is 2. The van der Waals surface area contributed by atoms with Crippen LogP contribution in [0.5, 0.6) is 0 Å². The molecule has 6 heteroatoms. The molecule has 1 aromatic carbocycles. The largest absolute Gasteiger partial charge is 0.384 e. The number of aromatic amines is 1. The zero-order valence-corrected chi connectivity index (χ0v) is 10.4. The Kier molecular flexibility index (Phi) is 3.14. The van der Waals surface area contributed by atoms with Crippen molar-refractivity contribution in [3.8, 4) is 0 Å². The quantitative estimate of drug-likeness (QED) is 0.570. The van der Waals surface area contributed by atoms with Crippen molar-refractivity contribution in [2.75, 3.05) is 0 Å². The van der Waals surface area contributed by atoms with Crippen LogP contribution in [0.1, 0.15) is 17.0 Å². The van der Waals surface area contributed by atoms with Gasteiger partial charge in [-0.05, 0) is 37.7 Å². The van der Waals surface area contributed by atoms with E-state index in [9.17, 15) is 0 Å². The molecule has 0 unspecified atom stereocenters. The monoisotopic (exact) mass is 247 g/mol. The van der Waals surface area contributed by atoms with Crippen LogP contribution in [0.25, 0.3) is 0 Å². The third-order valence-electron chi connectivity index (χ3n) is 2.20. The molecule has 0 amide bonds. The minimum absolute atomic E-state index is 0.0588. The number of H-pyrrole nitrogens is 1. The van der Waals surface area contributed by atoms with Crippen molar-refractivity contribution in [2.45, 2.75) is 23.9 Å². The average Bonchev–Trinajstić information content (AvgIpc) is 2.66. The third kappa shape index (κ3) is 2.65. The third-order valence-corrected chi connectivity index (χ3v) is 3.14. The lowest BCUT2D eigenvalue weighted by atomic mass is 10.1. The number of hydrogen-bond donors (Lipinski definition) is 3. The van der Waals surface area contributed by atoms with Crippen LogP contribution in [0.2, 0.25) is 0 Å². The average molecular weight is 247 g/mol. The molecule has 0 spiro atoms. The van der Waals surface area contributed by atoms with Gasteiger partial charge in [0.05, 0.1) is 0 Å². The summed E-state index contributed by atoms with van der Waals surface area (Å²) in [5.41, 5.74) is 7.36. The van der Waals surface area contributed by atoms with Crippen molar-refractivity contribution in [1.29, 1.82) is 5.41 Å². The summed E-state index contributed by atoms with van der Waals surface area (Å²) >= 11 is 1.40. The summed E-state index contributed by atoms with van der Waals surface area (Å²) in [6, 6.07) is 5.81. The standard InChI is InChI=1S/C11H13N5S/c1-6-3-4-9(8(5-6)10(12)13)17-11-14-7(2)15-16-11/h3-5H,1-2H3,(H3,12,13)(H,14,15,16). The molecule has 5 nitrogen and oxygen atoms in total. The van der Waals surface area contributed by atoms with E-state index in [1.165, 1.54) is 11.8 Å². The number of nitrogens with zero attached hydrogens (tertiary/aromatic N) is 2. The van der Waals surface area contributed by atoms with E-state index in [1.54, 1.807) is 0 Å². The molecule has 0 aliphatic carbocycles. The first-order valence-electron chi connectivity index (χ1n) is 5.08. The first-order chi connectivity index (χ1) is 8.06. The molecule has 17 heavy (non-hydrogen) atoms. The number of hydrogen-bond acceptors (Lipinski definition) is 4. The molecular weight excluding hydrogens is 234 g/mol. The number of benzene rings is 1. The van der Waals surface area contributed by atoms with E-state index in [2.05, 4.69) is 15.2 Å². The molecule has 0 aliphatic heterocycles. The van der Waals surface area contributed by atoms with Crippen molar-refractivity contribution in [3.63, 3.8) is 0 Å². The van der Waals surface area contributed by atoms with Crippen LogP contribution in [0, 0.1) is 19.3 Å². The van der Waals surface area contributed by atoms with E-state index in [4.69, 9.17) is 11.1 Å². The highest BCUT2D eigenvalue weighted by molar-refractivity contribution is 7.99. The maximum Gasteiger partial charge on any atom is 0.213 e. The zero-order chi connectivity index (χ0) is 12.4. The molecular formula is C11H13N5S. The SMILES string of the molecule is Cc1ccc(Sc2n[nH]c(C)n2)c(C(=N)N)c1. The fourth-order valence-electron chi connectivity index (χ4n) is 1.41. The van der Waals surface area contributed by atoms with E-state index in [-0.39, 0.29) is 5.84 Å². The minimum atomic E-state index is 0.0588. The van der Waals surface area contributed by atoms with Gasteiger partial charge in [-0.1, -0.05) is 11.6 Å². The lowest BCUT2D eigenvalue weighted by Gasteiger charge is -2.06. The van der Waals surface area contributed by atoms with E-state index < -0.39 is 0 Å². The smallest absolute Gasteiger partial charge is 0.213 e. The number of nitrogens with two attached hydrogens (primary N) is 1. The Morgan fingerprint density at radius 1 is 1.41 bits per heavy atom. The van der Waals surface area contributed by atoms with Crippen molar-refractivity contribution in [2.24, 2.45) is 5.73 Å². The Morgan fingerprint density at radius 3 is 2.76 bits per heavy atom. The van der Waals surface area contributed by atoms with E-state index in [0.717, 1.165) is 21.8 Å². The molecule has 1 heterocycles. The van der Waals surface area contributed by atoms with Crippen molar-refractivity contribution >= 4 is 17.6 Å². The van der Waals surface area contributed by atoms with Gasteiger partial charge in [0.2, 0.25) is 5.16 Å². The van der Waals surface area contributed by atoms with Crippen LogP contribution in [0.3, 0.4) is 0 Å². The molecule has 0 saturated heterocycles. The van der Waals surface area contributed by atoms with Gasteiger partial charge in [-0.15, -0.1) is 5.10 Å². The predicted octanol–water partition coefficient (Wildman–Crippen LogP) is 1.86. The van der Waals surface area contributed by atoms with Gasteiger partial charge in [-0.3, -0.25) is 10.5 Å². The topological polar surface area (TPSA) is 91.4 Å². The molecule has 2 rings (SSSR count). The molecule has 2 aromatic rings. The van der Waals surface area contributed by atoms with Gasteiger partial charge >= 0.3 is 0 Å². The zero-order valence-electron chi connectivity index (χ0n) is 9.61. The van der Waals surface area contributed by atoms with E-state index in [0.29, 0.717) is 5.16 Å². The second kappa shape index (κ2) is 4.58. The fraction of sp³-hybridized carbons (Fsp3) is 0.182. The minimum Gasteiger partial charge on any atom is -0.384 e. The second-order valence-corrected chi connectivity index (χ2v) is 4.73. The van der Waals surface area contributed by atoms with Crippen LogP contribution in [-0.2, 0) is 0 Å². The Bertz CT molecular complexity index is 561. The molecule has 1 aromatic heterocycles. The number of amidine groups is 1. The number of rotatable bonds is 3. The second-order valence-electron chi connectivity index (χ2n) is 3.72. The molecule has 0 bridgehead atoms. The molecule has 0 saturated carbocycles. The van der Waals surface area contributed by atoms with Crippen LogP contribution < -0.4 is 5.73 Å². The maximum atomic E-state index is 7.56. The molecule has 88 valence electrons. The normalized spacial score (nSPS) is 10.5. The van der Waals surface area contributed by atoms with Gasteiger partial charge in [0.25, 0.3) is 0 Å². The summed E-state index contributed by atoms with van der Waals surface area (Å²) in [7, 11) is 0. The number of nitrogens with one attached hydrogen (secondary N) is 2. The Balaban J connectivity index is 2.35. The van der Waals surface area contributed by atoms with E-state index >= 15 is 0 Å². The van der Waals surface area contributed by atoms with Crippen molar-refractivity contribution in [1.82, 2.24) is 15.2 Å². The van der Waals surface area contributed by atoms with Gasteiger partial charge in [-0.25, -0.2) is 4.98 Å². The summed E-state index contributed by atoms with van der Waals surface area (Å²) < 4.78 is 0. The highest BCUT2D eigenvalue weighted by Crippen LogP contribution is 2.28. The maximum absolute atomic E-state index is 7.56. The van der Waals surface area contributed by atoms with Crippen LogP contribution in [-0.4, -0.2) is 21.0 Å². The van der Waals surface area contributed by atoms with Gasteiger partial charge in [0.15, 0.2) is 0 Å². The Morgan fingerprint density at radius 2 is 2.18 bits per heavy atom. The highest BCUT2D eigenvalue weighted by atomic mass is 32.2. The Labute approximate surface area is 103 Å². The van der Waals surface area contributed by atoms with Crippen molar-refractivity contribution in [3.05, 3.63) is 35.2 Å². The summed E-state index contributed by atoms with van der Waals surface area (Å²) in [6.07, 6.45) is 0. The first kappa shape index (κ1) is 11.7. The Hall–Kier alpha value is -1.82. The summed E-state index contributed by atoms with van der Waals surface area (Å²) in [5.74, 6) is 0.826. The van der Waals surface area contributed by atoms with E-state index in [1.807, 2.05) is 32.0 Å². The lowest BCUT2D eigenvalue weighted by Crippen LogP contribution is -2.12. The van der Waals surface area contributed by atoms with Gasteiger partial charge < -0.3 is 5.73 Å². The molecule has 0 atom stereocenters. The summed E-state index contributed by atoms with van der Waals surface area (Å²) in [5, 5.41) is 15.0. The van der Waals surface area contributed by atoms with Crippen LogP contribution in [0.4, 0.5) is 0 Å².